The molecule has 4 aliphatic heterocycles. The Morgan fingerprint density at radius 2 is 0.944 bits per heavy atom. The van der Waals surface area contributed by atoms with Crippen LogP contribution in [0.5, 0.6) is 0 Å². The standard InChI is InChI=1S/C38H38N4O12/c1-49-29(43)27-19-37(23-15-9-11-17-25(23)39(33(45)50-2)31(37)41(27)35(47)52-4)38-20-28(30(44)54-21-22-13-7-6-8-14-22)42(36(48)53-5)32(38)40(34(46)51-3)26-18-12-10-16-24(26)38/h6-18,27-28,31-32H,19-21H2,1-5H3/t27-,28-,31+,32+,37-,38-/m0/s1. The number of fused-ring (bicyclic) bond motifs is 7. The summed E-state index contributed by atoms with van der Waals surface area (Å²) in [7, 11) is 5.81. The van der Waals surface area contributed by atoms with Gasteiger partial charge in [-0.05, 0) is 41.7 Å². The summed E-state index contributed by atoms with van der Waals surface area (Å²) < 4.78 is 32.3. The van der Waals surface area contributed by atoms with Crippen LogP contribution in [0.15, 0.2) is 78.9 Å². The van der Waals surface area contributed by atoms with Gasteiger partial charge < -0.3 is 28.4 Å². The van der Waals surface area contributed by atoms with Gasteiger partial charge in [0.1, 0.15) is 31.0 Å². The highest BCUT2D eigenvalue weighted by molar-refractivity contribution is 5.99. The van der Waals surface area contributed by atoms with Gasteiger partial charge in [-0.25, -0.2) is 28.8 Å². The number of benzene rings is 3. The number of hydrogen-bond acceptors (Lipinski definition) is 12. The fraction of sp³-hybridized carbons (Fsp3) is 0.368. The van der Waals surface area contributed by atoms with E-state index < -0.39 is 71.6 Å². The van der Waals surface area contributed by atoms with Gasteiger partial charge in [0.2, 0.25) is 0 Å². The highest BCUT2D eigenvalue weighted by atomic mass is 16.6. The number of methoxy groups -OCH3 is 5. The second-order valence-electron chi connectivity index (χ2n) is 13.2. The average molecular weight is 743 g/mol. The minimum absolute atomic E-state index is 0.132. The van der Waals surface area contributed by atoms with Gasteiger partial charge in [0.15, 0.2) is 0 Å². The first kappa shape index (κ1) is 36.1. The lowest BCUT2D eigenvalue weighted by molar-refractivity contribution is -0.150. The molecule has 0 saturated carbocycles. The molecule has 16 nitrogen and oxygen atoms in total. The van der Waals surface area contributed by atoms with Crippen LogP contribution in [0.1, 0.15) is 29.5 Å². The molecule has 4 heterocycles. The van der Waals surface area contributed by atoms with Crippen molar-refractivity contribution in [3.05, 3.63) is 95.6 Å². The van der Waals surface area contributed by atoms with E-state index in [9.17, 15) is 28.8 Å². The third-order valence-electron chi connectivity index (χ3n) is 11.2. The number of ether oxygens (including phenoxy) is 6. The Bertz CT molecular complexity index is 2030. The fourth-order valence-corrected chi connectivity index (χ4v) is 9.32. The minimum atomic E-state index is -1.61. The van der Waals surface area contributed by atoms with Crippen molar-refractivity contribution in [3.8, 4) is 0 Å². The molecule has 0 radical (unpaired) electrons. The Morgan fingerprint density at radius 1 is 0.537 bits per heavy atom. The maximum Gasteiger partial charge on any atom is 0.415 e. The molecule has 16 heteroatoms. The number of hydrogen-bond donors (Lipinski definition) is 0. The summed E-state index contributed by atoms with van der Waals surface area (Å²) >= 11 is 0. The van der Waals surface area contributed by atoms with Crippen LogP contribution in [0, 0.1) is 0 Å². The quantitative estimate of drug-likeness (QED) is 0.269. The van der Waals surface area contributed by atoms with Crippen molar-refractivity contribution < 1.29 is 57.2 Å². The van der Waals surface area contributed by atoms with Gasteiger partial charge in [0.05, 0.1) is 57.8 Å². The summed E-state index contributed by atoms with van der Waals surface area (Å²) in [6.07, 6.45) is -6.94. The minimum Gasteiger partial charge on any atom is -0.467 e. The van der Waals surface area contributed by atoms with Crippen LogP contribution in [0.25, 0.3) is 0 Å². The number of amides is 4. The number of nitrogens with zero attached hydrogens (tertiary/aromatic N) is 4. The summed E-state index contributed by atoms with van der Waals surface area (Å²) in [6, 6.07) is 19.9. The molecule has 4 amide bonds. The molecule has 7 rings (SSSR count). The maximum absolute atomic E-state index is 14.4. The molecule has 0 N–H and O–H groups in total. The molecule has 2 fully saturated rings. The van der Waals surface area contributed by atoms with Crippen molar-refractivity contribution in [2.75, 3.05) is 45.3 Å². The van der Waals surface area contributed by atoms with Crippen molar-refractivity contribution in [3.63, 3.8) is 0 Å². The molecular weight excluding hydrogens is 704 g/mol. The van der Waals surface area contributed by atoms with E-state index in [1.807, 2.05) is 6.07 Å². The molecule has 4 aliphatic rings. The Labute approximate surface area is 310 Å². The van der Waals surface area contributed by atoms with Crippen molar-refractivity contribution in [1.82, 2.24) is 9.80 Å². The van der Waals surface area contributed by atoms with Gasteiger partial charge in [0.25, 0.3) is 0 Å². The topological polar surface area (TPSA) is 171 Å². The lowest BCUT2D eigenvalue weighted by Crippen LogP contribution is -2.66. The van der Waals surface area contributed by atoms with Crippen LogP contribution in [-0.2, 0) is 55.4 Å². The van der Waals surface area contributed by atoms with Crippen molar-refractivity contribution in [1.29, 1.82) is 0 Å². The second kappa shape index (κ2) is 13.6. The van der Waals surface area contributed by atoms with Crippen molar-refractivity contribution >= 4 is 47.7 Å². The van der Waals surface area contributed by atoms with Gasteiger partial charge in [-0.1, -0.05) is 66.7 Å². The molecule has 0 aliphatic carbocycles. The molecule has 0 unspecified atom stereocenters. The summed E-state index contributed by atoms with van der Waals surface area (Å²) in [5.41, 5.74) is -0.936. The number of rotatable bonds is 5. The second-order valence-corrected chi connectivity index (χ2v) is 13.2. The molecule has 0 bridgehead atoms. The zero-order chi connectivity index (χ0) is 38.5. The van der Waals surface area contributed by atoms with Gasteiger partial charge in [-0.15, -0.1) is 0 Å². The van der Waals surface area contributed by atoms with E-state index in [1.165, 1.54) is 31.1 Å². The summed E-state index contributed by atoms with van der Waals surface area (Å²) in [4.78, 5) is 89.3. The van der Waals surface area contributed by atoms with E-state index in [0.29, 0.717) is 28.1 Å². The van der Waals surface area contributed by atoms with Crippen LogP contribution >= 0.6 is 0 Å². The Morgan fingerprint density at radius 3 is 1.37 bits per heavy atom. The van der Waals surface area contributed by atoms with E-state index in [-0.39, 0.29) is 19.4 Å². The third-order valence-corrected chi connectivity index (χ3v) is 11.2. The molecule has 54 heavy (non-hydrogen) atoms. The van der Waals surface area contributed by atoms with Crippen LogP contribution < -0.4 is 9.80 Å². The lowest BCUT2D eigenvalue weighted by Gasteiger charge is -2.49. The van der Waals surface area contributed by atoms with Crippen molar-refractivity contribution in [2.45, 2.75) is 54.7 Å². The first-order valence-electron chi connectivity index (χ1n) is 17.0. The average Bonchev–Trinajstić information content (AvgIpc) is 3.91. The van der Waals surface area contributed by atoms with E-state index in [0.717, 1.165) is 24.0 Å². The smallest absolute Gasteiger partial charge is 0.415 e. The van der Waals surface area contributed by atoms with E-state index in [1.54, 1.807) is 72.8 Å². The maximum atomic E-state index is 14.4. The Hall–Kier alpha value is -6.32. The van der Waals surface area contributed by atoms with Crippen LogP contribution in [0.2, 0.25) is 0 Å². The lowest BCUT2D eigenvalue weighted by atomic mass is 9.54. The number of carbonyl (C=O) groups excluding carboxylic acids is 6. The van der Waals surface area contributed by atoms with Gasteiger partial charge >= 0.3 is 36.3 Å². The number of likely N-dealkylation sites (tertiary alicyclic amines) is 2. The van der Waals surface area contributed by atoms with Crippen LogP contribution in [-0.4, -0.2) is 106 Å². The largest absolute Gasteiger partial charge is 0.467 e. The van der Waals surface area contributed by atoms with E-state index >= 15 is 0 Å². The summed E-state index contributed by atoms with van der Waals surface area (Å²) in [6.45, 7) is -0.132. The zero-order valence-electron chi connectivity index (χ0n) is 30.1. The number of esters is 2. The van der Waals surface area contributed by atoms with Gasteiger partial charge in [-0.2, -0.15) is 0 Å². The van der Waals surface area contributed by atoms with Gasteiger partial charge in [-0.3, -0.25) is 19.6 Å². The van der Waals surface area contributed by atoms with Crippen LogP contribution in [0.3, 0.4) is 0 Å². The number of anilines is 2. The number of carbonyl (C=O) groups is 6. The van der Waals surface area contributed by atoms with Crippen molar-refractivity contribution in [2.24, 2.45) is 0 Å². The summed E-state index contributed by atoms with van der Waals surface area (Å²) in [5, 5.41) is 0. The molecule has 0 spiro atoms. The fourth-order valence-electron chi connectivity index (χ4n) is 9.32. The number of para-hydroxylation sites is 2. The first-order valence-corrected chi connectivity index (χ1v) is 17.0. The molecular formula is C38H38N4O12. The zero-order valence-corrected chi connectivity index (χ0v) is 30.1. The predicted octanol–water partition coefficient (Wildman–Crippen LogP) is 4.29. The predicted molar refractivity (Wildman–Crippen MR) is 187 cm³/mol. The van der Waals surface area contributed by atoms with E-state index in [2.05, 4.69) is 0 Å². The Balaban J connectivity index is 1.57. The molecule has 3 aromatic carbocycles. The molecule has 0 aromatic heterocycles. The monoisotopic (exact) mass is 742 g/mol. The SMILES string of the molecule is COC(=O)[C@@H]1C[C@]2([C@]34C[C@@H](C(=O)OCc5ccccc5)N(C(=O)OC)[C@H]3N(C(=O)OC)c3ccccc34)c3ccccc3N(C(=O)OC)[C@@H]2N1C(=O)OC. The molecule has 2 saturated heterocycles. The van der Waals surface area contributed by atoms with Crippen LogP contribution in [0.4, 0.5) is 30.6 Å². The molecule has 3 aromatic rings. The molecule has 282 valence electrons. The highest BCUT2D eigenvalue weighted by Crippen LogP contribution is 2.71. The molecule has 6 atom stereocenters. The Kier molecular flexibility index (Phi) is 9.07. The summed E-state index contributed by atoms with van der Waals surface area (Å²) in [5.74, 6) is -1.63. The highest BCUT2D eigenvalue weighted by Gasteiger charge is 2.81. The third kappa shape index (κ3) is 4.81. The van der Waals surface area contributed by atoms with E-state index in [4.69, 9.17) is 28.4 Å². The normalized spacial score (nSPS) is 25.9. The van der Waals surface area contributed by atoms with Gasteiger partial charge in [0, 0.05) is 0 Å². The first-order chi connectivity index (χ1) is 26.1.